The number of aliphatic hydroxyl groups excluding tert-OH is 1. The summed E-state index contributed by atoms with van der Waals surface area (Å²) in [6.07, 6.45) is 2.20. The summed E-state index contributed by atoms with van der Waals surface area (Å²) >= 11 is 6.21. The number of rotatable bonds is 8. The van der Waals surface area contributed by atoms with E-state index in [9.17, 15) is 5.11 Å². The van der Waals surface area contributed by atoms with Gasteiger partial charge in [-0.2, -0.15) is 0 Å². The van der Waals surface area contributed by atoms with E-state index in [4.69, 9.17) is 21.1 Å². The van der Waals surface area contributed by atoms with Crippen molar-refractivity contribution in [1.29, 1.82) is 0 Å². The minimum Gasteiger partial charge on any atom is -0.491 e. The van der Waals surface area contributed by atoms with Crippen molar-refractivity contribution in [3.63, 3.8) is 0 Å². The monoisotopic (exact) mass is 299 g/mol. The van der Waals surface area contributed by atoms with Crippen LogP contribution in [-0.4, -0.2) is 32.0 Å². The Balaban J connectivity index is 2.00. The molecule has 20 heavy (non-hydrogen) atoms. The molecule has 0 amide bonds. The van der Waals surface area contributed by atoms with Gasteiger partial charge in [-0.3, -0.25) is 0 Å². The zero-order valence-corrected chi connectivity index (χ0v) is 12.8. The molecule has 0 aromatic heterocycles. The third-order valence-corrected chi connectivity index (χ3v) is 3.98. The average molecular weight is 300 g/mol. The Kier molecular flexibility index (Phi) is 5.13. The van der Waals surface area contributed by atoms with Crippen LogP contribution in [0.3, 0.4) is 0 Å². The quantitative estimate of drug-likeness (QED) is 0.775. The Hall–Kier alpha value is -0.970. The van der Waals surface area contributed by atoms with Gasteiger partial charge in [-0.15, -0.1) is 0 Å². The van der Waals surface area contributed by atoms with E-state index in [1.807, 2.05) is 19.1 Å². The van der Waals surface area contributed by atoms with Gasteiger partial charge >= 0.3 is 0 Å². The predicted molar refractivity (Wildman–Crippen MR) is 79.6 cm³/mol. The summed E-state index contributed by atoms with van der Waals surface area (Å²) in [5.41, 5.74) is 1.16. The van der Waals surface area contributed by atoms with Gasteiger partial charge in [0.25, 0.3) is 0 Å². The smallest absolute Gasteiger partial charge is 0.179 e. The summed E-state index contributed by atoms with van der Waals surface area (Å²) in [5.74, 6) is 1.24. The molecule has 0 radical (unpaired) electrons. The van der Waals surface area contributed by atoms with Gasteiger partial charge in [-0.05, 0) is 37.5 Å². The summed E-state index contributed by atoms with van der Waals surface area (Å²) in [4.78, 5) is 0. The van der Waals surface area contributed by atoms with Gasteiger partial charge in [0.1, 0.15) is 0 Å². The highest BCUT2D eigenvalue weighted by molar-refractivity contribution is 6.32. The summed E-state index contributed by atoms with van der Waals surface area (Å²) in [5, 5.41) is 13.2. The van der Waals surface area contributed by atoms with Crippen molar-refractivity contribution in [2.24, 2.45) is 5.41 Å². The molecule has 4 nitrogen and oxygen atoms in total. The number of hydrogen-bond acceptors (Lipinski definition) is 4. The van der Waals surface area contributed by atoms with Crippen LogP contribution in [0, 0.1) is 5.41 Å². The maximum absolute atomic E-state index is 9.28. The molecule has 1 aromatic carbocycles. The normalized spacial score (nSPS) is 16.0. The molecule has 0 aliphatic heterocycles. The first-order valence-corrected chi connectivity index (χ1v) is 7.33. The van der Waals surface area contributed by atoms with Crippen molar-refractivity contribution < 1.29 is 14.6 Å². The summed E-state index contributed by atoms with van der Waals surface area (Å²) in [6.45, 7) is 4.28. The van der Waals surface area contributed by atoms with Crippen LogP contribution in [0.2, 0.25) is 5.02 Å². The molecule has 0 bridgehead atoms. The van der Waals surface area contributed by atoms with Crippen LogP contribution in [0.1, 0.15) is 25.3 Å². The second-order valence-corrected chi connectivity index (χ2v) is 5.71. The van der Waals surface area contributed by atoms with Gasteiger partial charge in [-0.25, -0.2) is 0 Å². The summed E-state index contributed by atoms with van der Waals surface area (Å²) in [6, 6.07) is 3.83. The van der Waals surface area contributed by atoms with E-state index < -0.39 is 0 Å². The molecular formula is C15H22ClNO3. The fourth-order valence-electron chi connectivity index (χ4n) is 2.22. The van der Waals surface area contributed by atoms with Gasteiger partial charge in [0.05, 0.1) is 18.7 Å². The fraction of sp³-hybridized carbons (Fsp3) is 0.600. The minimum atomic E-state index is 0.110. The Morgan fingerprint density at radius 2 is 2.15 bits per heavy atom. The Labute approximate surface area is 125 Å². The first-order chi connectivity index (χ1) is 9.64. The number of aliphatic hydroxyl groups is 1. The second-order valence-electron chi connectivity index (χ2n) is 5.30. The van der Waals surface area contributed by atoms with E-state index in [0.717, 1.165) is 24.9 Å². The van der Waals surface area contributed by atoms with Gasteiger partial charge < -0.3 is 19.9 Å². The predicted octanol–water partition coefficient (Wildman–Crippen LogP) is 2.61. The van der Waals surface area contributed by atoms with Gasteiger partial charge in [0.2, 0.25) is 0 Å². The summed E-state index contributed by atoms with van der Waals surface area (Å²) in [7, 11) is 1.58. The van der Waals surface area contributed by atoms with Crippen molar-refractivity contribution >= 4 is 11.6 Å². The zero-order chi connectivity index (χ0) is 14.6. The van der Waals surface area contributed by atoms with Gasteiger partial charge in [0, 0.05) is 25.1 Å². The number of hydrogen-bond donors (Lipinski definition) is 2. The van der Waals surface area contributed by atoms with Crippen LogP contribution in [0.5, 0.6) is 11.5 Å². The van der Waals surface area contributed by atoms with Crippen LogP contribution in [0.4, 0.5) is 0 Å². The van der Waals surface area contributed by atoms with Crippen molar-refractivity contribution in [1.82, 2.24) is 5.32 Å². The lowest BCUT2D eigenvalue weighted by Gasteiger charge is -2.15. The molecule has 1 aromatic rings. The third-order valence-electron chi connectivity index (χ3n) is 3.69. The summed E-state index contributed by atoms with van der Waals surface area (Å²) < 4.78 is 10.8. The molecule has 112 valence electrons. The maximum Gasteiger partial charge on any atom is 0.179 e. The number of methoxy groups -OCH3 is 1. The molecule has 1 fully saturated rings. The molecule has 0 saturated heterocycles. The molecule has 0 unspecified atom stereocenters. The molecule has 5 heteroatoms. The lowest BCUT2D eigenvalue weighted by Crippen LogP contribution is -2.26. The Morgan fingerprint density at radius 1 is 1.40 bits per heavy atom. The third kappa shape index (κ3) is 3.57. The highest BCUT2D eigenvalue weighted by Crippen LogP contribution is 2.44. The fourth-order valence-corrected chi connectivity index (χ4v) is 2.53. The number of benzene rings is 1. The lowest BCUT2D eigenvalue weighted by molar-refractivity contribution is 0.207. The Bertz CT molecular complexity index is 461. The SMILES string of the molecule is CCOc1cc(CNCC2(CO)CC2)cc(Cl)c1OC. The van der Waals surface area contributed by atoms with Crippen molar-refractivity contribution in [2.75, 3.05) is 26.9 Å². The highest BCUT2D eigenvalue weighted by Gasteiger charge is 2.41. The zero-order valence-electron chi connectivity index (χ0n) is 12.0. The van der Waals surface area contributed by atoms with E-state index in [1.165, 1.54) is 0 Å². The first-order valence-electron chi connectivity index (χ1n) is 6.95. The van der Waals surface area contributed by atoms with Crippen LogP contribution >= 0.6 is 11.6 Å². The van der Waals surface area contributed by atoms with Crippen LogP contribution < -0.4 is 14.8 Å². The number of ether oxygens (including phenoxy) is 2. The molecule has 1 aliphatic rings. The van der Waals surface area contributed by atoms with E-state index >= 15 is 0 Å². The Morgan fingerprint density at radius 3 is 2.70 bits per heavy atom. The number of nitrogens with one attached hydrogen (secondary N) is 1. The van der Waals surface area contributed by atoms with Gasteiger partial charge in [0.15, 0.2) is 11.5 Å². The molecule has 0 heterocycles. The van der Waals surface area contributed by atoms with Crippen molar-refractivity contribution in [2.45, 2.75) is 26.3 Å². The molecule has 2 N–H and O–H groups in total. The lowest BCUT2D eigenvalue weighted by atomic mass is 10.1. The van der Waals surface area contributed by atoms with Crippen LogP contribution in [-0.2, 0) is 6.54 Å². The molecular weight excluding hydrogens is 278 g/mol. The van der Waals surface area contributed by atoms with E-state index in [1.54, 1.807) is 7.11 Å². The second kappa shape index (κ2) is 6.66. The highest BCUT2D eigenvalue weighted by atomic mass is 35.5. The average Bonchev–Trinajstić information content (AvgIpc) is 3.20. The molecule has 1 saturated carbocycles. The van der Waals surface area contributed by atoms with E-state index in [-0.39, 0.29) is 12.0 Å². The first kappa shape index (κ1) is 15.4. The maximum atomic E-state index is 9.28. The minimum absolute atomic E-state index is 0.110. The van der Waals surface area contributed by atoms with Crippen LogP contribution in [0.25, 0.3) is 0 Å². The molecule has 2 rings (SSSR count). The number of halogens is 1. The van der Waals surface area contributed by atoms with E-state index in [2.05, 4.69) is 5.32 Å². The molecule has 1 aliphatic carbocycles. The molecule has 0 spiro atoms. The van der Waals surface area contributed by atoms with Crippen LogP contribution in [0.15, 0.2) is 12.1 Å². The van der Waals surface area contributed by atoms with Crippen molar-refractivity contribution in [3.8, 4) is 11.5 Å². The van der Waals surface area contributed by atoms with Gasteiger partial charge in [-0.1, -0.05) is 11.6 Å². The van der Waals surface area contributed by atoms with E-state index in [0.29, 0.717) is 29.7 Å². The van der Waals surface area contributed by atoms with Crippen molar-refractivity contribution in [3.05, 3.63) is 22.7 Å². The topological polar surface area (TPSA) is 50.7 Å². The largest absolute Gasteiger partial charge is 0.491 e. The standard InChI is InChI=1S/C15H22ClNO3/c1-3-20-13-7-11(6-12(16)14(13)19-2)8-17-9-15(10-18)4-5-15/h6-7,17-18H,3-5,8-10H2,1-2H3. The molecule has 0 atom stereocenters.